The molecule has 0 radical (unpaired) electrons. The van der Waals surface area contributed by atoms with Crippen molar-refractivity contribution in [2.45, 2.75) is 22.0 Å². The quantitative estimate of drug-likeness (QED) is 0.546. The minimum atomic E-state index is -0.404. The van der Waals surface area contributed by atoms with Gasteiger partial charge in [-0.3, -0.25) is 20.4 Å². The predicted molar refractivity (Wildman–Crippen MR) is 98.7 cm³/mol. The van der Waals surface area contributed by atoms with Gasteiger partial charge in [-0.25, -0.2) is 0 Å². The fourth-order valence-electron chi connectivity index (χ4n) is 1.47. The summed E-state index contributed by atoms with van der Waals surface area (Å²) in [7, 11) is 0. The Morgan fingerprint density at radius 1 is 1.12 bits per heavy atom. The van der Waals surface area contributed by atoms with Crippen LogP contribution in [-0.2, 0) is 4.79 Å². The average molecular weight is 403 g/mol. The van der Waals surface area contributed by atoms with Crippen molar-refractivity contribution in [3.63, 3.8) is 0 Å². The number of nitrogens with zero attached hydrogens (tertiary/aromatic N) is 2. The molecule has 0 unspecified atom stereocenters. The van der Waals surface area contributed by atoms with Crippen LogP contribution in [0.15, 0.2) is 32.9 Å². The minimum Gasteiger partial charge on any atom is -0.272 e. The second-order valence-corrected chi connectivity index (χ2v) is 8.46. The largest absolute Gasteiger partial charge is 0.272 e. The Kier molecular flexibility index (Phi) is 7.83. The summed E-state index contributed by atoms with van der Waals surface area (Å²) < 4.78 is 1.63. The van der Waals surface area contributed by atoms with Crippen LogP contribution < -0.4 is 10.9 Å². The number of halogens is 1. The van der Waals surface area contributed by atoms with Crippen molar-refractivity contribution >= 4 is 58.3 Å². The van der Waals surface area contributed by atoms with Crippen LogP contribution in [-0.4, -0.2) is 33.5 Å². The topological polar surface area (TPSA) is 84.0 Å². The van der Waals surface area contributed by atoms with E-state index in [9.17, 15) is 9.59 Å². The highest BCUT2D eigenvalue weighted by molar-refractivity contribution is 8.03. The highest BCUT2D eigenvalue weighted by Crippen LogP contribution is 2.28. The van der Waals surface area contributed by atoms with Gasteiger partial charge in [-0.1, -0.05) is 53.4 Å². The third kappa shape index (κ3) is 6.31. The van der Waals surface area contributed by atoms with E-state index >= 15 is 0 Å². The van der Waals surface area contributed by atoms with Gasteiger partial charge in [-0.2, -0.15) is 0 Å². The molecule has 6 nitrogen and oxygen atoms in total. The molecule has 0 aliphatic heterocycles. The molecule has 0 fully saturated rings. The number of thioether (sulfide) groups is 2. The smallest absolute Gasteiger partial charge is 0.269 e. The van der Waals surface area contributed by atoms with Gasteiger partial charge < -0.3 is 0 Å². The number of nitrogens with one attached hydrogen (secondary N) is 2. The third-order valence-electron chi connectivity index (χ3n) is 2.57. The lowest BCUT2D eigenvalue weighted by Gasteiger charge is -2.06. The fraction of sp³-hybridized carbons (Fsp3) is 0.286. The summed E-state index contributed by atoms with van der Waals surface area (Å²) in [6.45, 7) is 2.10. The molecular weight excluding hydrogens is 388 g/mol. The van der Waals surface area contributed by atoms with E-state index in [0.717, 1.165) is 20.9 Å². The van der Waals surface area contributed by atoms with Crippen LogP contribution in [0, 0.1) is 0 Å². The van der Waals surface area contributed by atoms with E-state index in [0.29, 0.717) is 10.6 Å². The Balaban J connectivity index is 1.72. The molecule has 128 valence electrons. The summed E-state index contributed by atoms with van der Waals surface area (Å²) in [6, 6.07) is 6.38. The van der Waals surface area contributed by atoms with Gasteiger partial charge in [0.2, 0.25) is 5.91 Å². The first-order valence-corrected chi connectivity index (χ1v) is 10.2. The molecular formula is C14H15ClN4O2S3. The molecule has 1 aromatic heterocycles. The maximum atomic E-state index is 11.8. The molecule has 1 aromatic carbocycles. The summed E-state index contributed by atoms with van der Waals surface area (Å²) in [5.74, 6) is 0.421. The molecule has 10 heteroatoms. The summed E-state index contributed by atoms with van der Waals surface area (Å²) in [6.07, 6.45) is 1.07. The Hall–Kier alpha value is -1.29. The van der Waals surface area contributed by atoms with E-state index in [1.165, 1.54) is 23.1 Å². The zero-order valence-corrected chi connectivity index (χ0v) is 15.9. The highest BCUT2D eigenvalue weighted by Gasteiger charge is 2.10. The lowest BCUT2D eigenvalue weighted by Crippen LogP contribution is -2.42. The number of benzene rings is 1. The first-order chi connectivity index (χ1) is 11.6. The average Bonchev–Trinajstić information content (AvgIpc) is 3.04. The van der Waals surface area contributed by atoms with E-state index in [-0.39, 0.29) is 11.7 Å². The maximum absolute atomic E-state index is 11.8. The van der Waals surface area contributed by atoms with Gasteiger partial charge in [0, 0.05) is 16.3 Å². The Morgan fingerprint density at radius 3 is 2.46 bits per heavy atom. The molecule has 0 aliphatic rings. The molecule has 0 bridgehead atoms. The SMILES string of the molecule is CCCSc1nnc(SCC(=O)NNC(=O)c2ccc(Cl)cc2)s1. The van der Waals surface area contributed by atoms with Crippen LogP contribution in [0.1, 0.15) is 23.7 Å². The molecule has 0 spiro atoms. The predicted octanol–water partition coefficient (Wildman–Crippen LogP) is 3.25. The summed E-state index contributed by atoms with van der Waals surface area (Å²) in [5, 5.41) is 8.62. The first kappa shape index (κ1) is 19.0. The van der Waals surface area contributed by atoms with E-state index < -0.39 is 5.91 Å². The first-order valence-electron chi connectivity index (χ1n) is 7.02. The maximum Gasteiger partial charge on any atom is 0.269 e. The lowest BCUT2D eigenvalue weighted by atomic mass is 10.2. The molecule has 1 heterocycles. The number of hydrogen-bond donors (Lipinski definition) is 2. The van der Waals surface area contributed by atoms with Crippen molar-refractivity contribution < 1.29 is 9.59 Å². The van der Waals surface area contributed by atoms with Crippen LogP contribution >= 0.6 is 46.5 Å². The molecule has 2 aromatic rings. The van der Waals surface area contributed by atoms with E-state index in [4.69, 9.17) is 11.6 Å². The summed E-state index contributed by atoms with van der Waals surface area (Å²) in [5.41, 5.74) is 5.13. The normalized spacial score (nSPS) is 10.4. The van der Waals surface area contributed by atoms with Crippen molar-refractivity contribution in [2.75, 3.05) is 11.5 Å². The van der Waals surface area contributed by atoms with Crippen LogP contribution in [0.3, 0.4) is 0 Å². The molecule has 0 saturated heterocycles. The number of hydrogen-bond acceptors (Lipinski definition) is 7. The summed E-state index contributed by atoms with van der Waals surface area (Å²) >= 11 is 10.2. The van der Waals surface area contributed by atoms with Crippen molar-refractivity contribution in [2.24, 2.45) is 0 Å². The second kappa shape index (κ2) is 9.87. The van der Waals surface area contributed by atoms with Gasteiger partial charge >= 0.3 is 0 Å². The molecule has 0 saturated carbocycles. The zero-order valence-electron chi connectivity index (χ0n) is 12.7. The van der Waals surface area contributed by atoms with Crippen molar-refractivity contribution in [3.8, 4) is 0 Å². The fourth-order valence-corrected chi connectivity index (χ4v) is 4.34. The Morgan fingerprint density at radius 2 is 1.79 bits per heavy atom. The highest BCUT2D eigenvalue weighted by atomic mass is 35.5. The second-order valence-electron chi connectivity index (χ2n) is 4.48. The number of carbonyl (C=O) groups is 2. The Labute approximate surface area is 157 Å². The third-order valence-corrected chi connectivity index (χ3v) is 6.21. The number of hydrazine groups is 1. The number of rotatable bonds is 7. The van der Waals surface area contributed by atoms with Crippen LogP contribution in [0.2, 0.25) is 5.02 Å². The Bertz CT molecular complexity index is 694. The van der Waals surface area contributed by atoms with Gasteiger partial charge in [0.1, 0.15) is 0 Å². The number of amides is 2. The van der Waals surface area contributed by atoms with E-state index in [2.05, 4.69) is 28.0 Å². The van der Waals surface area contributed by atoms with E-state index in [1.54, 1.807) is 36.0 Å². The van der Waals surface area contributed by atoms with Gasteiger partial charge in [0.05, 0.1) is 5.75 Å². The van der Waals surface area contributed by atoms with Crippen LogP contribution in [0.4, 0.5) is 0 Å². The summed E-state index contributed by atoms with van der Waals surface area (Å²) in [4.78, 5) is 23.6. The van der Waals surface area contributed by atoms with Gasteiger partial charge in [-0.15, -0.1) is 10.2 Å². The standard InChI is InChI=1S/C14H15ClN4O2S3/c1-2-7-22-13-18-19-14(24-13)23-8-11(20)16-17-12(21)9-3-5-10(15)6-4-9/h3-6H,2,7-8H2,1H3,(H,16,20)(H,17,21). The van der Waals surface area contributed by atoms with Crippen molar-refractivity contribution in [1.82, 2.24) is 21.0 Å². The van der Waals surface area contributed by atoms with Crippen molar-refractivity contribution in [1.29, 1.82) is 0 Å². The van der Waals surface area contributed by atoms with Gasteiger partial charge in [0.15, 0.2) is 8.68 Å². The monoisotopic (exact) mass is 402 g/mol. The number of carbonyl (C=O) groups excluding carboxylic acids is 2. The molecule has 0 atom stereocenters. The number of aromatic nitrogens is 2. The van der Waals surface area contributed by atoms with Crippen LogP contribution in [0.25, 0.3) is 0 Å². The van der Waals surface area contributed by atoms with Gasteiger partial charge in [0.25, 0.3) is 5.91 Å². The molecule has 2 amide bonds. The zero-order chi connectivity index (χ0) is 17.4. The van der Waals surface area contributed by atoms with Gasteiger partial charge in [-0.05, 0) is 30.7 Å². The van der Waals surface area contributed by atoms with Crippen molar-refractivity contribution in [3.05, 3.63) is 34.9 Å². The lowest BCUT2D eigenvalue weighted by molar-refractivity contribution is -0.119. The minimum absolute atomic E-state index is 0.147. The van der Waals surface area contributed by atoms with E-state index in [1.807, 2.05) is 0 Å². The molecule has 2 N–H and O–H groups in total. The van der Waals surface area contributed by atoms with Crippen LogP contribution in [0.5, 0.6) is 0 Å². The molecule has 24 heavy (non-hydrogen) atoms. The molecule has 0 aliphatic carbocycles. The molecule has 2 rings (SSSR count).